The van der Waals surface area contributed by atoms with Crippen LogP contribution < -0.4 is 9.64 Å². The van der Waals surface area contributed by atoms with E-state index in [1.807, 2.05) is 42.5 Å². The van der Waals surface area contributed by atoms with Crippen molar-refractivity contribution in [2.24, 2.45) is 0 Å². The zero-order valence-corrected chi connectivity index (χ0v) is 15.1. The minimum Gasteiger partial charge on any atom is -0.505 e. The second-order valence-electron chi connectivity index (χ2n) is 6.82. The number of anilines is 2. The lowest BCUT2D eigenvalue weighted by molar-refractivity contribution is 0.0989. The first kappa shape index (κ1) is 17.1. The number of benzene rings is 3. The molecular weight excluding hydrogens is 370 g/mol. The number of para-hydroxylation sites is 2. The molecule has 2 aliphatic rings. The highest BCUT2D eigenvalue weighted by Gasteiger charge is 2.37. The van der Waals surface area contributed by atoms with Gasteiger partial charge in [-0.2, -0.15) is 0 Å². The maximum Gasteiger partial charge on any atom is 0.197 e. The molecule has 0 fully saturated rings. The lowest BCUT2D eigenvalue weighted by Gasteiger charge is -2.27. The number of fused-ring (bicyclic) bond motifs is 3. The van der Waals surface area contributed by atoms with Crippen molar-refractivity contribution in [1.82, 2.24) is 0 Å². The molecule has 1 aliphatic carbocycles. The molecule has 0 amide bonds. The Kier molecular flexibility index (Phi) is 3.67. The van der Waals surface area contributed by atoms with E-state index in [-0.39, 0.29) is 22.6 Å². The normalized spacial score (nSPS) is 14.6. The molecule has 29 heavy (non-hydrogen) atoms. The van der Waals surface area contributed by atoms with Crippen molar-refractivity contribution in [3.8, 4) is 23.0 Å². The fourth-order valence-corrected chi connectivity index (χ4v) is 3.76. The van der Waals surface area contributed by atoms with E-state index in [2.05, 4.69) is 0 Å². The predicted octanol–water partition coefficient (Wildman–Crippen LogP) is 4.48. The van der Waals surface area contributed by atoms with Gasteiger partial charge in [0.25, 0.3) is 0 Å². The molecule has 0 saturated carbocycles. The predicted molar refractivity (Wildman–Crippen MR) is 106 cm³/mol. The smallest absolute Gasteiger partial charge is 0.197 e. The lowest BCUT2D eigenvalue weighted by atomic mass is 9.91. The molecule has 0 aromatic heterocycles. The second-order valence-corrected chi connectivity index (χ2v) is 6.82. The lowest BCUT2D eigenvalue weighted by Crippen LogP contribution is -2.19. The number of hydrogen-bond acceptors (Lipinski definition) is 6. The quantitative estimate of drug-likeness (QED) is 0.601. The molecule has 5 rings (SSSR count). The molecule has 3 aromatic carbocycles. The molecule has 6 nitrogen and oxygen atoms in total. The van der Waals surface area contributed by atoms with Gasteiger partial charge in [-0.05, 0) is 30.4 Å². The monoisotopic (exact) mass is 385 g/mol. The number of ether oxygens (including phenoxy) is 1. The molecular formula is C23H15NO5. The minimum atomic E-state index is -0.567. The summed E-state index contributed by atoms with van der Waals surface area (Å²) in [5, 5.41) is 22.0. The zero-order chi connectivity index (χ0) is 20.1. The third-order valence-corrected chi connectivity index (χ3v) is 5.11. The average molecular weight is 385 g/mol. The molecule has 142 valence electrons. The van der Waals surface area contributed by atoms with Crippen LogP contribution in [0.5, 0.6) is 23.0 Å². The van der Waals surface area contributed by atoms with E-state index >= 15 is 0 Å². The van der Waals surface area contributed by atoms with Gasteiger partial charge in [-0.15, -0.1) is 0 Å². The summed E-state index contributed by atoms with van der Waals surface area (Å²) in [5.41, 5.74) is 1.22. The molecule has 0 radical (unpaired) electrons. The average Bonchev–Trinajstić information content (AvgIpc) is 2.92. The summed E-state index contributed by atoms with van der Waals surface area (Å²) in [4.78, 5) is 26.6. The molecule has 2 N–H and O–H groups in total. The van der Waals surface area contributed by atoms with Crippen molar-refractivity contribution in [3.05, 3.63) is 83.4 Å². The van der Waals surface area contributed by atoms with E-state index in [1.54, 1.807) is 17.0 Å². The van der Waals surface area contributed by atoms with Crippen molar-refractivity contribution in [1.29, 1.82) is 0 Å². The van der Waals surface area contributed by atoms with Crippen molar-refractivity contribution in [2.45, 2.75) is 6.54 Å². The summed E-state index contributed by atoms with van der Waals surface area (Å²) in [7, 11) is 0. The van der Waals surface area contributed by atoms with Crippen molar-refractivity contribution in [2.75, 3.05) is 4.90 Å². The van der Waals surface area contributed by atoms with E-state index in [4.69, 9.17) is 4.74 Å². The Morgan fingerprint density at radius 3 is 2.14 bits per heavy atom. The maximum absolute atomic E-state index is 12.5. The van der Waals surface area contributed by atoms with Crippen LogP contribution in [0, 0.1) is 0 Å². The van der Waals surface area contributed by atoms with E-state index in [1.165, 1.54) is 0 Å². The van der Waals surface area contributed by atoms with Gasteiger partial charge in [-0.25, -0.2) is 0 Å². The van der Waals surface area contributed by atoms with Crippen LogP contribution in [0.4, 0.5) is 11.4 Å². The number of nitrogens with zero attached hydrogens (tertiary/aromatic N) is 1. The van der Waals surface area contributed by atoms with Crippen LogP contribution >= 0.6 is 0 Å². The first-order valence-electron chi connectivity index (χ1n) is 9.03. The summed E-state index contributed by atoms with van der Waals surface area (Å²) < 4.78 is 5.98. The Bertz CT molecular complexity index is 1210. The van der Waals surface area contributed by atoms with E-state index in [0.29, 0.717) is 12.3 Å². The highest BCUT2D eigenvalue weighted by Crippen LogP contribution is 2.55. The molecule has 1 heterocycles. The zero-order valence-electron chi connectivity index (χ0n) is 15.1. The van der Waals surface area contributed by atoms with Crippen molar-refractivity contribution in [3.63, 3.8) is 0 Å². The first-order chi connectivity index (χ1) is 14.1. The van der Waals surface area contributed by atoms with Gasteiger partial charge >= 0.3 is 0 Å². The summed E-state index contributed by atoms with van der Waals surface area (Å²) in [6, 6.07) is 16.5. The number of aromatic hydroxyl groups is 2. The topological polar surface area (TPSA) is 87.1 Å². The van der Waals surface area contributed by atoms with E-state index < -0.39 is 23.1 Å². The number of carbonyl (C=O) groups is 2. The Morgan fingerprint density at radius 2 is 1.41 bits per heavy atom. The number of rotatable bonds is 1. The SMILES string of the molecule is O=C1C=CC(=O)c2c(O)c3c(c(O)c21)Oc1ccccc1CN3c1ccccc1. The summed E-state index contributed by atoms with van der Waals surface area (Å²) >= 11 is 0. The summed E-state index contributed by atoms with van der Waals surface area (Å²) in [5.74, 6) is -1.55. The minimum absolute atomic E-state index is 0.0634. The standard InChI is InChI=1S/C23H15NO5/c25-15-10-11-16(26)19-18(15)21(27)20-23(22(19)28)29-17-9-5-4-6-13(17)12-24(20)14-7-2-1-3-8-14/h1-11,27-28H,12H2. The van der Waals surface area contributed by atoms with Crippen LogP contribution in [-0.2, 0) is 6.54 Å². The van der Waals surface area contributed by atoms with Gasteiger partial charge in [0.2, 0.25) is 0 Å². The molecule has 1 aliphatic heterocycles. The Morgan fingerprint density at radius 1 is 0.793 bits per heavy atom. The summed E-state index contributed by atoms with van der Waals surface area (Å²) in [6.45, 7) is 0.330. The van der Waals surface area contributed by atoms with Gasteiger partial charge < -0.3 is 19.8 Å². The van der Waals surface area contributed by atoms with Gasteiger partial charge in [0, 0.05) is 11.3 Å². The largest absolute Gasteiger partial charge is 0.505 e. The number of ketones is 2. The van der Waals surface area contributed by atoms with Crippen LogP contribution in [-0.4, -0.2) is 21.8 Å². The molecule has 3 aromatic rings. The van der Waals surface area contributed by atoms with E-state index in [9.17, 15) is 19.8 Å². The van der Waals surface area contributed by atoms with Crippen LogP contribution in [0.15, 0.2) is 66.7 Å². The number of carbonyl (C=O) groups excluding carboxylic acids is 2. The van der Waals surface area contributed by atoms with Crippen LogP contribution in [0.1, 0.15) is 26.3 Å². The van der Waals surface area contributed by atoms with Gasteiger partial charge in [0.15, 0.2) is 28.8 Å². The third kappa shape index (κ3) is 2.50. The fourth-order valence-electron chi connectivity index (χ4n) is 3.76. The molecule has 0 saturated heterocycles. The van der Waals surface area contributed by atoms with Crippen LogP contribution in [0.2, 0.25) is 0 Å². The summed E-state index contributed by atoms with van der Waals surface area (Å²) in [6.07, 6.45) is 2.17. The number of phenols is 2. The molecule has 6 heteroatoms. The first-order valence-corrected chi connectivity index (χ1v) is 9.03. The van der Waals surface area contributed by atoms with Crippen LogP contribution in [0.3, 0.4) is 0 Å². The second kappa shape index (κ2) is 6.24. The Labute approximate surface area is 165 Å². The van der Waals surface area contributed by atoms with Crippen molar-refractivity contribution >= 4 is 22.9 Å². The number of phenolic OH excluding ortho intramolecular Hbond substituents is 2. The Hall–Kier alpha value is -4.06. The maximum atomic E-state index is 12.5. The number of allylic oxidation sites excluding steroid dienone is 2. The van der Waals surface area contributed by atoms with Gasteiger partial charge in [-0.1, -0.05) is 36.4 Å². The van der Waals surface area contributed by atoms with Crippen LogP contribution in [0.25, 0.3) is 0 Å². The van der Waals surface area contributed by atoms with Gasteiger partial charge in [0.05, 0.1) is 17.7 Å². The molecule has 0 spiro atoms. The fraction of sp³-hybridized carbons (Fsp3) is 0.0435. The molecule has 0 atom stereocenters. The van der Waals surface area contributed by atoms with Gasteiger partial charge in [0.1, 0.15) is 11.4 Å². The highest BCUT2D eigenvalue weighted by molar-refractivity contribution is 6.25. The third-order valence-electron chi connectivity index (χ3n) is 5.11. The molecule has 0 bridgehead atoms. The highest BCUT2D eigenvalue weighted by atomic mass is 16.5. The van der Waals surface area contributed by atoms with Crippen molar-refractivity contribution < 1.29 is 24.5 Å². The van der Waals surface area contributed by atoms with E-state index in [0.717, 1.165) is 23.4 Å². The molecule has 0 unspecified atom stereocenters. The van der Waals surface area contributed by atoms with Gasteiger partial charge in [-0.3, -0.25) is 9.59 Å². The number of hydrogen-bond donors (Lipinski definition) is 2. The Balaban J connectivity index is 1.86.